The van der Waals surface area contributed by atoms with Crippen LogP contribution in [0, 0.1) is 24.0 Å². The van der Waals surface area contributed by atoms with Gasteiger partial charge in [-0.25, -0.2) is 4.98 Å². The lowest BCUT2D eigenvalue weighted by Gasteiger charge is -2.14. The van der Waals surface area contributed by atoms with E-state index in [4.69, 9.17) is 4.98 Å². The monoisotopic (exact) mass is 425 g/mol. The van der Waals surface area contributed by atoms with Crippen LogP contribution in [0.5, 0.6) is 0 Å². The molecular formula is C21H19N3O3S2. The molecule has 0 fully saturated rings. The number of hydrogen-bond donors (Lipinski definition) is 0. The molecule has 2 heterocycles. The molecule has 4 rings (SSSR count). The number of nitro groups is 1. The summed E-state index contributed by atoms with van der Waals surface area (Å²) in [6, 6.07) is 12.4. The zero-order valence-corrected chi connectivity index (χ0v) is 17.7. The Kier molecular flexibility index (Phi) is 5.47. The SMILES string of the molecule is Cc1ccc(C)c(CSc2nc3c(c(=O)n2-c2ccc([N+](=O)[O-])cc2)SCC3)c1. The van der Waals surface area contributed by atoms with Gasteiger partial charge in [-0.05, 0) is 37.1 Å². The number of rotatable bonds is 5. The van der Waals surface area contributed by atoms with E-state index in [0.29, 0.717) is 21.5 Å². The predicted octanol–water partition coefficient (Wildman–Crippen LogP) is 4.70. The zero-order valence-electron chi connectivity index (χ0n) is 16.0. The summed E-state index contributed by atoms with van der Waals surface area (Å²) in [7, 11) is 0. The first-order valence-corrected chi connectivity index (χ1v) is 11.1. The molecule has 0 radical (unpaired) electrons. The zero-order chi connectivity index (χ0) is 20.5. The molecule has 3 aromatic rings. The molecule has 1 aliphatic heterocycles. The van der Waals surface area contributed by atoms with Crippen LogP contribution in [0.2, 0.25) is 0 Å². The van der Waals surface area contributed by atoms with Gasteiger partial charge in [0.05, 0.1) is 21.2 Å². The van der Waals surface area contributed by atoms with Gasteiger partial charge in [-0.3, -0.25) is 19.5 Å². The molecule has 2 aromatic carbocycles. The summed E-state index contributed by atoms with van der Waals surface area (Å²) in [4.78, 5) is 29.2. The van der Waals surface area contributed by atoms with Gasteiger partial charge < -0.3 is 0 Å². The molecule has 29 heavy (non-hydrogen) atoms. The number of fused-ring (bicyclic) bond motifs is 1. The van der Waals surface area contributed by atoms with E-state index in [1.165, 1.54) is 52.3 Å². The van der Waals surface area contributed by atoms with Crippen LogP contribution in [0.15, 0.2) is 57.3 Å². The Morgan fingerprint density at radius 2 is 1.97 bits per heavy atom. The van der Waals surface area contributed by atoms with Crippen LogP contribution in [0.1, 0.15) is 22.4 Å². The van der Waals surface area contributed by atoms with Crippen LogP contribution >= 0.6 is 23.5 Å². The summed E-state index contributed by atoms with van der Waals surface area (Å²) >= 11 is 3.04. The quantitative estimate of drug-likeness (QED) is 0.255. The molecule has 0 unspecified atom stereocenters. The highest BCUT2D eigenvalue weighted by Gasteiger charge is 2.23. The van der Waals surface area contributed by atoms with Crippen molar-refractivity contribution in [1.29, 1.82) is 0 Å². The standard InChI is InChI=1S/C21H19N3O3S2/c1-13-3-4-14(2)15(11-13)12-29-21-22-18-9-10-28-19(18)20(25)23(21)16-5-7-17(8-6-16)24(26)27/h3-8,11H,9-10,12H2,1-2H3. The van der Waals surface area contributed by atoms with Gasteiger partial charge in [-0.2, -0.15) is 0 Å². The number of nitro benzene ring substituents is 1. The second kappa shape index (κ2) is 8.04. The van der Waals surface area contributed by atoms with Crippen LogP contribution in [-0.4, -0.2) is 20.2 Å². The number of non-ortho nitro benzene ring substituents is 1. The lowest BCUT2D eigenvalue weighted by molar-refractivity contribution is -0.384. The minimum atomic E-state index is -0.445. The normalized spacial score (nSPS) is 12.8. The molecule has 6 nitrogen and oxygen atoms in total. The molecule has 148 valence electrons. The number of thioether (sulfide) groups is 2. The highest BCUT2D eigenvalue weighted by Crippen LogP contribution is 2.31. The maximum atomic E-state index is 13.2. The van der Waals surface area contributed by atoms with Gasteiger partial charge in [0.15, 0.2) is 5.16 Å². The lowest BCUT2D eigenvalue weighted by Crippen LogP contribution is -2.23. The minimum absolute atomic E-state index is 0.00474. The van der Waals surface area contributed by atoms with Gasteiger partial charge in [-0.15, -0.1) is 11.8 Å². The van der Waals surface area contributed by atoms with Gasteiger partial charge in [-0.1, -0.05) is 35.5 Å². The summed E-state index contributed by atoms with van der Waals surface area (Å²) in [6.45, 7) is 4.14. The van der Waals surface area contributed by atoms with Gasteiger partial charge in [0.2, 0.25) is 0 Å². The van der Waals surface area contributed by atoms with Crippen molar-refractivity contribution >= 4 is 29.2 Å². The summed E-state index contributed by atoms with van der Waals surface area (Å²) in [6.07, 6.45) is 0.785. The van der Waals surface area contributed by atoms with E-state index in [1.807, 2.05) is 0 Å². The highest BCUT2D eigenvalue weighted by atomic mass is 32.2. The third-order valence-corrected chi connectivity index (χ3v) is 6.94. The molecule has 1 aromatic heterocycles. The Morgan fingerprint density at radius 3 is 2.69 bits per heavy atom. The first kappa shape index (κ1) is 19.7. The van der Waals surface area contributed by atoms with Crippen LogP contribution in [0.4, 0.5) is 5.69 Å². The van der Waals surface area contributed by atoms with Crippen molar-refractivity contribution in [3.8, 4) is 5.69 Å². The Bertz CT molecular complexity index is 1160. The Hall–Kier alpha value is -2.58. The second-order valence-corrected chi connectivity index (χ2v) is 8.95. The predicted molar refractivity (Wildman–Crippen MR) is 116 cm³/mol. The molecule has 0 saturated heterocycles. The average molecular weight is 426 g/mol. The maximum Gasteiger partial charge on any atom is 0.272 e. The molecule has 1 aliphatic rings. The number of benzene rings is 2. The fraction of sp³-hybridized carbons (Fsp3) is 0.238. The lowest BCUT2D eigenvalue weighted by atomic mass is 10.1. The van der Waals surface area contributed by atoms with Crippen molar-refractivity contribution in [3.05, 3.63) is 85.3 Å². The summed E-state index contributed by atoms with van der Waals surface area (Å²) in [5.74, 6) is 1.54. The number of aryl methyl sites for hydroxylation is 3. The molecule has 0 spiro atoms. The summed E-state index contributed by atoms with van der Waals surface area (Å²) in [5.41, 5.74) is 4.92. The molecule has 0 bridgehead atoms. The van der Waals surface area contributed by atoms with Crippen molar-refractivity contribution < 1.29 is 4.92 Å². The number of aromatic nitrogens is 2. The van der Waals surface area contributed by atoms with Gasteiger partial charge in [0.1, 0.15) is 0 Å². The van der Waals surface area contributed by atoms with Crippen LogP contribution < -0.4 is 5.56 Å². The van der Waals surface area contributed by atoms with Crippen molar-refractivity contribution in [2.24, 2.45) is 0 Å². The molecule has 0 amide bonds. The van der Waals surface area contributed by atoms with E-state index in [9.17, 15) is 14.9 Å². The smallest absolute Gasteiger partial charge is 0.268 e. The van der Waals surface area contributed by atoms with Crippen LogP contribution in [0.25, 0.3) is 5.69 Å². The van der Waals surface area contributed by atoms with Gasteiger partial charge in [0.25, 0.3) is 11.2 Å². The van der Waals surface area contributed by atoms with E-state index < -0.39 is 4.92 Å². The molecular weight excluding hydrogens is 406 g/mol. The largest absolute Gasteiger partial charge is 0.272 e. The summed E-state index contributed by atoms with van der Waals surface area (Å²) < 4.78 is 1.58. The molecule has 0 N–H and O–H groups in total. The van der Waals surface area contributed by atoms with E-state index in [0.717, 1.165) is 17.9 Å². The van der Waals surface area contributed by atoms with Crippen molar-refractivity contribution in [1.82, 2.24) is 9.55 Å². The van der Waals surface area contributed by atoms with Crippen LogP contribution in [0.3, 0.4) is 0 Å². The van der Waals surface area contributed by atoms with Crippen molar-refractivity contribution in [2.45, 2.75) is 36.1 Å². The molecule has 0 aliphatic carbocycles. The Labute approximate surface area is 176 Å². The third-order valence-electron chi connectivity index (χ3n) is 4.85. The Balaban J connectivity index is 1.76. The van der Waals surface area contributed by atoms with Crippen molar-refractivity contribution in [2.75, 3.05) is 5.75 Å². The summed E-state index contributed by atoms with van der Waals surface area (Å²) in [5, 5.41) is 11.6. The fourth-order valence-corrected chi connectivity index (χ4v) is 5.35. The second-order valence-electron chi connectivity index (χ2n) is 6.90. The number of nitrogens with zero attached hydrogens (tertiary/aromatic N) is 3. The molecule has 0 atom stereocenters. The average Bonchev–Trinajstić information content (AvgIpc) is 3.18. The van der Waals surface area contributed by atoms with E-state index in [2.05, 4.69) is 32.0 Å². The Morgan fingerprint density at radius 1 is 1.21 bits per heavy atom. The van der Waals surface area contributed by atoms with E-state index >= 15 is 0 Å². The fourth-order valence-electron chi connectivity index (χ4n) is 3.24. The maximum absolute atomic E-state index is 13.2. The first-order valence-electron chi connectivity index (χ1n) is 9.16. The topological polar surface area (TPSA) is 78.0 Å². The molecule has 0 saturated carbocycles. The minimum Gasteiger partial charge on any atom is -0.268 e. The highest BCUT2D eigenvalue weighted by molar-refractivity contribution is 7.99. The van der Waals surface area contributed by atoms with Gasteiger partial charge in [0, 0.05) is 30.1 Å². The number of hydrogen-bond acceptors (Lipinski definition) is 6. The van der Waals surface area contributed by atoms with E-state index in [-0.39, 0.29) is 11.2 Å². The van der Waals surface area contributed by atoms with Gasteiger partial charge >= 0.3 is 0 Å². The van der Waals surface area contributed by atoms with Crippen molar-refractivity contribution in [3.63, 3.8) is 0 Å². The third kappa shape index (κ3) is 3.95. The first-order chi connectivity index (χ1) is 13.9. The molecule has 8 heteroatoms. The van der Waals surface area contributed by atoms with E-state index in [1.54, 1.807) is 16.7 Å². The van der Waals surface area contributed by atoms with Crippen LogP contribution in [-0.2, 0) is 12.2 Å².